The fourth-order valence-electron chi connectivity index (χ4n) is 4.45. The first-order valence-electron chi connectivity index (χ1n) is 12.1. The highest BCUT2D eigenvalue weighted by atomic mass is 127. The summed E-state index contributed by atoms with van der Waals surface area (Å²) >= 11 is 2.33. The summed E-state index contributed by atoms with van der Waals surface area (Å²) in [6.45, 7) is 4.26. The van der Waals surface area contributed by atoms with E-state index in [2.05, 4.69) is 167 Å². The SMILES string of the molecule is Cc1ccc2cc(-c3ccc(I)cc3)ccc2c1.Cc1ccc2cc(-c3cccc(P)c3)ccc2c1. The van der Waals surface area contributed by atoms with Crippen molar-refractivity contribution in [2.75, 3.05) is 0 Å². The number of halogens is 1. The van der Waals surface area contributed by atoms with E-state index < -0.39 is 0 Å². The van der Waals surface area contributed by atoms with Crippen LogP contribution in [0, 0.1) is 17.4 Å². The Balaban J connectivity index is 0.000000148. The number of hydrogen-bond acceptors (Lipinski definition) is 0. The Bertz CT molecular complexity index is 1670. The van der Waals surface area contributed by atoms with Gasteiger partial charge in [-0.2, -0.15) is 0 Å². The van der Waals surface area contributed by atoms with Crippen LogP contribution in [0.3, 0.4) is 0 Å². The molecule has 0 aromatic heterocycles. The molecule has 0 amide bonds. The Kier molecular flexibility index (Phi) is 7.51. The van der Waals surface area contributed by atoms with Crippen molar-refractivity contribution in [2.45, 2.75) is 13.8 Å². The average molecular weight is 594 g/mol. The molecule has 0 radical (unpaired) electrons. The van der Waals surface area contributed by atoms with Crippen LogP contribution in [0.25, 0.3) is 43.8 Å². The molecule has 0 bridgehead atoms. The molecule has 1 atom stereocenters. The number of fused-ring (bicyclic) bond motifs is 2. The van der Waals surface area contributed by atoms with Crippen LogP contribution in [0.15, 0.2) is 121 Å². The predicted octanol–water partition coefficient (Wildman–Crippen LogP) is 9.74. The Morgan fingerprint density at radius 1 is 0.444 bits per heavy atom. The summed E-state index contributed by atoms with van der Waals surface area (Å²) in [6.07, 6.45) is 0. The number of rotatable bonds is 2. The van der Waals surface area contributed by atoms with E-state index in [0.717, 1.165) is 0 Å². The van der Waals surface area contributed by atoms with Gasteiger partial charge in [-0.1, -0.05) is 102 Å². The van der Waals surface area contributed by atoms with Crippen molar-refractivity contribution < 1.29 is 0 Å². The molecule has 6 aromatic carbocycles. The van der Waals surface area contributed by atoms with Crippen molar-refractivity contribution in [3.8, 4) is 22.3 Å². The third-order valence-corrected chi connectivity index (χ3v) is 7.47. The topological polar surface area (TPSA) is 0 Å². The highest BCUT2D eigenvalue weighted by Gasteiger charge is 2.01. The monoisotopic (exact) mass is 594 g/mol. The van der Waals surface area contributed by atoms with Crippen molar-refractivity contribution in [1.29, 1.82) is 0 Å². The molecule has 0 nitrogen and oxygen atoms in total. The van der Waals surface area contributed by atoms with E-state index in [1.54, 1.807) is 0 Å². The Labute approximate surface area is 229 Å². The van der Waals surface area contributed by atoms with Gasteiger partial charge in [0.1, 0.15) is 0 Å². The molecule has 0 spiro atoms. The second-order valence-corrected chi connectivity index (χ2v) is 11.2. The van der Waals surface area contributed by atoms with Crippen LogP contribution in [0.4, 0.5) is 0 Å². The van der Waals surface area contributed by atoms with Crippen molar-refractivity contribution in [3.05, 3.63) is 136 Å². The van der Waals surface area contributed by atoms with E-state index in [0.29, 0.717) is 0 Å². The standard InChI is InChI=1S/C17H13I.C17H15P/c1-12-2-3-16-11-15(5-4-14(16)10-12)13-6-8-17(18)9-7-13;1-12-5-6-15-10-16(8-7-14(15)9-12)13-3-2-4-17(18)11-13/h2-11H,1H3;2-11H,18H2,1H3. The van der Waals surface area contributed by atoms with E-state index in [-0.39, 0.29) is 0 Å². The van der Waals surface area contributed by atoms with Crippen LogP contribution < -0.4 is 5.30 Å². The van der Waals surface area contributed by atoms with Gasteiger partial charge in [-0.3, -0.25) is 0 Å². The van der Waals surface area contributed by atoms with Crippen LogP contribution in [0.1, 0.15) is 11.1 Å². The van der Waals surface area contributed by atoms with E-state index in [4.69, 9.17) is 0 Å². The molecule has 0 N–H and O–H groups in total. The lowest BCUT2D eigenvalue weighted by atomic mass is 10.0. The summed E-state index contributed by atoms with van der Waals surface area (Å²) < 4.78 is 1.27. The van der Waals surface area contributed by atoms with Gasteiger partial charge in [0.2, 0.25) is 0 Å². The summed E-state index contributed by atoms with van der Waals surface area (Å²) in [6, 6.07) is 43.7. The summed E-state index contributed by atoms with van der Waals surface area (Å²) in [5.41, 5.74) is 7.72. The average Bonchev–Trinajstić information content (AvgIpc) is 2.89. The van der Waals surface area contributed by atoms with Crippen molar-refractivity contribution in [2.24, 2.45) is 0 Å². The summed E-state index contributed by atoms with van der Waals surface area (Å²) in [4.78, 5) is 0. The van der Waals surface area contributed by atoms with Crippen LogP contribution >= 0.6 is 31.8 Å². The molecule has 0 fully saturated rings. The molecule has 6 aromatic rings. The smallest absolute Gasteiger partial charge is 0.0130 e. The van der Waals surface area contributed by atoms with Gasteiger partial charge >= 0.3 is 0 Å². The molecular formula is C34H28IP. The molecule has 0 saturated carbocycles. The molecular weight excluding hydrogens is 566 g/mol. The maximum absolute atomic E-state index is 2.75. The van der Waals surface area contributed by atoms with E-state index >= 15 is 0 Å². The predicted molar refractivity (Wildman–Crippen MR) is 170 cm³/mol. The zero-order valence-corrected chi connectivity index (χ0v) is 23.8. The molecule has 2 heteroatoms. The van der Waals surface area contributed by atoms with Gasteiger partial charge in [-0.25, -0.2) is 0 Å². The largest absolute Gasteiger partial charge is 0.106 e. The summed E-state index contributed by atoms with van der Waals surface area (Å²) in [5, 5.41) is 6.44. The van der Waals surface area contributed by atoms with Crippen LogP contribution in [0.2, 0.25) is 0 Å². The Morgan fingerprint density at radius 3 is 1.44 bits per heavy atom. The van der Waals surface area contributed by atoms with Gasteiger partial charge in [0.15, 0.2) is 0 Å². The molecule has 176 valence electrons. The number of benzene rings is 6. The highest BCUT2D eigenvalue weighted by Crippen LogP contribution is 2.26. The minimum Gasteiger partial charge on any atom is -0.106 e. The molecule has 6 rings (SSSR count). The maximum atomic E-state index is 2.75. The van der Waals surface area contributed by atoms with E-state index in [1.807, 2.05) is 0 Å². The van der Waals surface area contributed by atoms with E-state index in [1.165, 1.54) is 63.8 Å². The summed E-state index contributed by atoms with van der Waals surface area (Å²) in [7, 11) is 2.75. The minimum absolute atomic E-state index is 1.22. The molecule has 0 heterocycles. The van der Waals surface area contributed by atoms with Crippen LogP contribution in [-0.4, -0.2) is 0 Å². The van der Waals surface area contributed by atoms with Crippen molar-refractivity contribution >= 4 is 58.7 Å². The third-order valence-electron chi connectivity index (χ3n) is 6.39. The zero-order valence-electron chi connectivity index (χ0n) is 20.5. The normalized spacial score (nSPS) is 10.8. The fourth-order valence-corrected chi connectivity index (χ4v) is 5.10. The quantitative estimate of drug-likeness (QED) is 0.138. The lowest BCUT2D eigenvalue weighted by Gasteiger charge is -2.06. The molecule has 36 heavy (non-hydrogen) atoms. The second-order valence-electron chi connectivity index (χ2n) is 9.26. The van der Waals surface area contributed by atoms with Crippen LogP contribution in [0.5, 0.6) is 0 Å². The third kappa shape index (κ3) is 5.86. The van der Waals surface area contributed by atoms with Gasteiger partial charge in [0, 0.05) is 3.57 Å². The molecule has 1 unspecified atom stereocenters. The Morgan fingerprint density at radius 2 is 0.889 bits per heavy atom. The maximum Gasteiger partial charge on any atom is 0.0130 e. The number of aryl methyl sites for hydroxylation is 2. The van der Waals surface area contributed by atoms with Crippen molar-refractivity contribution in [1.82, 2.24) is 0 Å². The van der Waals surface area contributed by atoms with E-state index in [9.17, 15) is 0 Å². The molecule has 0 aliphatic heterocycles. The lowest BCUT2D eigenvalue weighted by Crippen LogP contribution is -1.89. The zero-order chi connectivity index (χ0) is 25.1. The Hall–Kier alpha value is -3.00. The fraction of sp³-hybridized carbons (Fsp3) is 0.0588. The van der Waals surface area contributed by atoms with Crippen molar-refractivity contribution in [3.63, 3.8) is 0 Å². The lowest BCUT2D eigenvalue weighted by molar-refractivity contribution is 1.50. The van der Waals surface area contributed by atoms with Gasteiger partial charge in [0.25, 0.3) is 0 Å². The van der Waals surface area contributed by atoms with Gasteiger partial charge < -0.3 is 0 Å². The van der Waals surface area contributed by atoms with Gasteiger partial charge in [-0.15, -0.1) is 9.24 Å². The van der Waals surface area contributed by atoms with Gasteiger partial charge in [0.05, 0.1) is 0 Å². The van der Waals surface area contributed by atoms with Gasteiger partial charge in [-0.05, 0) is 116 Å². The second kappa shape index (κ2) is 10.9. The van der Waals surface area contributed by atoms with Crippen LogP contribution in [-0.2, 0) is 0 Å². The molecule has 0 saturated heterocycles. The summed E-state index contributed by atoms with van der Waals surface area (Å²) in [5.74, 6) is 0. The number of hydrogen-bond donors (Lipinski definition) is 0. The first-order valence-corrected chi connectivity index (χ1v) is 13.7. The minimum atomic E-state index is 1.22. The first-order chi connectivity index (χ1) is 17.4. The molecule has 0 aliphatic rings. The first kappa shape index (κ1) is 24.7. The molecule has 0 aliphatic carbocycles. The highest BCUT2D eigenvalue weighted by molar-refractivity contribution is 14.1.